The number of anilines is 3. The molecule has 1 atom stereocenters. The third-order valence-electron chi connectivity index (χ3n) is 4.75. The van der Waals surface area contributed by atoms with Gasteiger partial charge < -0.3 is 15.5 Å². The first-order chi connectivity index (χ1) is 12.6. The second-order valence-corrected chi connectivity index (χ2v) is 6.78. The Hall–Kier alpha value is -2.56. The van der Waals surface area contributed by atoms with Crippen molar-refractivity contribution in [2.75, 3.05) is 28.6 Å². The van der Waals surface area contributed by atoms with Crippen LogP contribution in [0.2, 0.25) is 0 Å². The molecule has 1 heterocycles. The Kier molecular flexibility index (Phi) is 6.10. The van der Waals surface area contributed by atoms with Crippen LogP contribution in [0.4, 0.5) is 21.5 Å². The zero-order valence-corrected chi connectivity index (χ0v) is 15.2. The number of carbonyl (C=O) groups excluding carboxylic acids is 1. The average molecular weight is 355 g/mol. The van der Waals surface area contributed by atoms with Crippen molar-refractivity contribution in [3.8, 4) is 0 Å². The number of nitrogens with one attached hydrogen (secondary N) is 2. The largest absolute Gasteiger partial charge is 0.374 e. The van der Waals surface area contributed by atoms with Gasteiger partial charge in [0.15, 0.2) is 0 Å². The lowest BCUT2D eigenvalue weighted by atomic mass is 10.2. The molecule has 26 heavy (non-hydrogen) atoms. The van der Waals surface area contributed by atoms with Crippen LogP contribution in [0.1, 0.15) is 32.6 Å². The smallest absolute Gasteiger partial charge is 0.246 e. The van der Waals surface area contributed by atoms with E-state index in [-0.39, 0.29) is 11.6 Å². The monoisotopic (exact) mass is 355 g/mol. The molecule has 2 aromatic rings. The normalized spacial score (nSPS) is 15.8. The summed E-state index contributed by atoms with van der Waals surface area (Å²) in [7, 11) is 0. The summed E-state index contributed by atoms with van der Waals surface area (Å²) in [6.07, 6.45) is 5.11. The average Bonchev–Trinajstić information content (AvgIpc) is 2.93. The fourth-order valence-corrected chi connectivity index (χ4v) is 3.22. The molecule has 0 spiro atoms. The van der Waals surface area contributed by atoms with E-state index in [9.17, 15) is 9.18 Å². The number of rotatable bonds is 5. The Morgan fingerprint density at radius 2 is 1.65 bits per heavy atom. The van der Waals surface area contributed by atoms with Crippen LogP contribution in [0.5, 0.6) is 0 Å². The molecule has 1 aliphatic rings. The fraction of sp³-hybridized carbons (Fsp3) is 0.381. The van der Waals surface area contributed by atoms with Crippen molar-refractivity contribution in [2.24, 2.45) is 0 Å². The number of hydrogen-bond donors (Lipinski definition) is 2. The van der Waals surface area contributed by atoms with Crippen LogP contribution in [0.25, 0.3) is 0 Å². The molecular weight excluding hydrogens is 329 g/mol. The second kappa shape index (κ2) is 8.70. The SMILES string of the molecule is C[C@H](Nc1ccc(N2CCCCCC2)cc1)C(=O)Nc1ccccc1F. The van der Waals surface area contributed by atoms with Gasteiger partial charge in [0.2, 0.25) is 5.91 Å². The molecule has 2 aromatic carbocycles. The highest BCUT2D eigenvalue weighted by Crippen LogP contribution is 2.22. The standard InChI is InChI=1S/C21H26FN3O/c1-16(21(26)24-20-9-5-4-8-19(20)22)23-17-10-12-18(13-11-17)25-14-6-2-3-7-15-25/h4-5,8-13,16,23H,2-3,6-7,14-15H2,1H3,(H,24,26)/t16-/m0/s1. The van der Waals surface area contributed by atoms with Gasteiger partial charge in [0.1, 0.15) is 11.9 Å². The summed E-state index contributed by atoms with van der Waals surface area (Å²) in [4.78, 5) is 14.7. The van der Waals surface area contributed by atoms with Crippen LogP contribution in [-0.4, -0.2) is 25.0 Å². The van der Waals surface area contributed by atoms with E-state index in [1.807, 2.05) is 12.1 Å². The van der Waals surface area contributed by atoms with E-state index in [4.69, 9.17) is 0 Å². The Morgan fingerprint density at radius 3 is 2.31 bits per heavy atom. The first-order valence-corrected chi connectivity index (χ1v) is 9.30. The molecule has 0 saturated carbocycles. The third-order valence-corrected chi connectivity index (χ3v) is 4.75. The van der Waals surface area contributed by atoms with Gasteiger partial charge in [0, 0.05) is 24.5 Å². The van der Waals surface area contributed by atoms with Gasteiger partial charge in [-0.2, -0.15) is 0 Å². The lowest BCUT2D eigenvalue weighted by molar-refractivity contribution is -0.116. The van der Waals surface area contributed by atoms with Gasteiger partial charge in [-0.05, 0) is 56.2 Å². The zero-order chi connectivity index (χ0) is 18.4. The number of amides is 1. The summed E-state index contributed by atoms with van der Waals surface area (Å²) < 4.78 is 13.7. The Labute approximate surface area is 154 Å². The maximum Gasteiger partial charge on any atom is 0.246 e. The minimum atomic E-state index is -0.473. The molecule has 3 rings (SSSR count). The molecular formula is C21H26FN3O. The van der Waals surface area contributed by atoms with Crippen molar-refractivity contribution in [3.05, 3.63) is 54.3 Å². The molecule has 138 valence electrons. The van der Waals surface area contributed by atoms with Crippen LogP contribution >= 0.6 is 0 Å². The minimum absolute atomic E-state index is 0.197. The highest BCUT2D eigenvalue weighted by atomic mass is 19.1. The Bertz CT molecular complexity index is 724. The second-order valence-electron chi connectivity index (χ2n) is 6.78. The molecule has 4 nitrogen and oxygen atoms in total. The van der Waals surface area contributed by atoms with Gasteiger partial charge in [0.05, 0.1) is 5.69 Å². The number of para-hydroxylation sites is 1. The molecule has 0 unspecified atom stereocenters. The number of hydrogen-bond acceptors (Lipinski definition) is 3. The first kappa shape index (κ1) is 18.2. The first-order valence-electron chi connectivity index (χ1n) is 9.30. The molecule has 1 saturated heterocycles. The lowest BCUT2D eigenvalue weighted by Crippen LogP contribution is -2.32. The maximum absolute atomic E-state index is 13.7. The topological polar surface area (TPSA) is 44.4 Å². The van der Waals surface area contributed by atoms with E-state index in [1.54, 1.807) is 25.1 Å². The predicted molar refractivity (Wildman–Crippen MR) is 105 cm³/mol. The predicted octanol–water partition coefficient (Wildman–Crippen LogP) is 4.65. The van der Waals surface area contributed by atoms with E-state index in [0.29, 0.717) is 0 Å². The van der Waals surface area contributed by atoms with E-state index < -0.39 is 11.9 Å². The van der Waals surface area contributed by atoms with Crippen LogP contribution in [-0.2, 0) is 4.79 Å². The van der Waals surface area contributed by atoms with Crippen LogP contribution in [0.3, 0.4) is 0 Å². The number of nitrogens with zero attached hydrogens (tertiary/aromatic N) is 1. The molecule has 1 aliphatic heterocycles. The van der Waals surface area contributed by atoms with Gasteiger partial charge in [-0.1, -0.05) is 25.0 Å². The van der Waals surface area contributed by atoms with Crippen molar-refractivity contribution < 1.29 is 9.18 Å². The number of carbonyl (C=O) groups is 1. The molecule has 1 amide bonds. The number of halogens is 1. The van der Waals surface area contributed by atoms with Crippen molar-refractivity contribution in [1.29, 1.82) is 0 Å². The fourth-order valence-electron chi connectivity index (χ4n) is 3.22. The van der Waals surface area contributed by atoms with Crippen LogP contribution in [0, 0.1) is 5.82 Å². The summed E-state index contributed by atoms with van der Waals surface area (Å²) in [5.74, 6) is -0.707. The van der Waals surface area contributed by atoms with Crippen molar-refractivity contribution >= 4 is 23.0 Å². The van der Waals surface area contributed by atoms with Crippen molar-refractivity contribution in [1.82, 2.24) is 0 Å². The Morgan fingerprint density at radius 1 is 1.00 bits per heavy atom. The molecule has 0 aliphatic carbocycles. The maximum atomic E-state index is 13.7. The highest BCUT2D eigenvalue weighted by Gasteiger charge is 2.15. The summed E-state index contributed by atoms with van der Waals surface area (Å²) in [5, 5.41) is 5.79. The van der Waals surface area contributed by atoms with Crippen molar-refractivity contribution in [3.63, 3.8) is 0 Å². The van der Waals surface area contributed by atoms with Gasteiger partial charge in [-0.25, -0.2) is 4.39 Å². The number of benzene rings is 2. The summed E-state index contributed by atoms with van der Waals surface area (Å²) >= 11 is 0. The molecule has 0 bridgehead atoms. The van der Waals surface area contributed by atoms with Gasteiger partial charge in [0.25, 0.3) is 0 Å². The summed E-state index contributed by atoms with van der Waals surface area (Å²) in [5.41, 5.74) is 2.29. The van der Waals surface area contributed by atoms with E-state index >= 15 is 0 Å². The highest BCUT2D eigenvalue weighted by molar-refractivity contribution is 5.96. The van der Waals surface area contributed by atoms with E-state index in [2.05, 4.69) is 27.7 Å². The molecule has 1 fully saturated rings. The Balaban J connectivity index is 1.57. The summed E-state index contributed by atoms with van der Waals surface area (Å²) in [6.45, 7) is 3.97. The van der Waals surface area contributed by atoms with Gasteiger partial charge >= 0.3 is 0 Å². The quantitative estimate of drug-likeness (QED) is 0.821. The zero-order valence-electron chi connectivity index (χ0n) is 15.2. The lowest BCUT2D eigenvalue weighted by Gasteiger charge is -2.23. The molecule has 5 heteroatoms. The van der Waals surface area contributed by atoms with E-state index in [0.717, 1.165) is 18.8 Å². The van der Waals surface area contributed by atoms with Gasteiger partial charge in [-0.15, -0.1) is 0 Å². The van der Waals surface area contributed by atoms with Crippen molar-refractivity contribution in [2.45, 2.75) is 38.6 Å². The summed E-state index contributed by atoms with van der Waals surface area (Å²) in [6, 6.07) is 13.9. The third kappa shape index (κ3) is 4.75. The van der Waals surface area contributed by atoms with Gasteiger partial charge in [-0.3, -0.25) is 4.79 Å². The van der Waals surface area contributed by atoms with E-state index in [1.165, 1.54) is 37.4 Å². The van der Waals surface area contributed by atoms with Crippen LogP contribution < -0.4 is 15.5 Å². The molecule has 0 radical (unpaired) electrons. The minimum Gasteiger partial charge on any atom is -0.374 e. The van der Waals surface area contributed by atoms with Crippen LogP contribution in [0.15, 0.2) is 48.5 Å². The molecule has 0 aromatic heterocycles. The molecule has 2 N–H and O–H groups in total.